The third-order valence-electron chi connectivity index (χ3n) is 3.32. The zero-order valence-electron chi connectivity index (χ0n) is 12.3. The minimum absolute atomic E-state index is 0.0131. The Morgan fingerprint density at radius 2 is 2.27 bits per heavy atom. The van der Waals surface area contributed by atoms with Crippen LogP contribution < -0.4 is 10.1 Å². The van der Waals surface area contributed by atoms with Crippen LogP contribution in [0.1, 0.15) is 18.2 Å². The van der Waals surface area contributed by atoms with Gasteiger partial charge in [-0.15, -0.1) is 11.3 Å². The summed E-state index contributed by atoms with van der Waals surface area (Å²) in [5, 5.41) is 4.80. The van der Waals surface area contributed by atoms with E-state index in [2.05, 4.69) is 17.2 Å². The summed E-state index contributed by atoms with van der Waals surface area (Å²) in [4.78, 5) is 17.2. The van der Waals surface area contributed by atoms with E-state index < -0.39 is 0 Å². The van der Waals surface area contributed by atoms with Gasteiger partial charge in [0.25, 0.3) is 5.91 Å². The Labute approximate surface area is 132 Å². The quantitative estimate of drug-likeness (QED) is 0.761. The molecule has 0 aliphatic rings. The number of hydrogen-bond donors (Lipinski definition) is 1. The molecule has 0 radical (unpaired) electrons. The molecule has 5 nitrogen and oxygen atoms in total. The normalized spacial score (nSPS) is 10.8. The molecule has 6 heteroatoms. The second-order valence-corrected chi connectivity index (χ2v) is 5.72. The Kier molecular flexibility index (Phi) is 4.39. The topological polar surface area (TPSA) is 55.6 Å². The second-order valence-electron chi connectivity index (χ2n) is 4.85. The van der Waals surface area contributed by atoms with Crippen molar-refractivity contribution in [3.63, 3.8) is 0 Å². The Morgan fingerprint density at radius 3 is 3.09 bits per heavy atom. The number of benzene rings is 1. The molecule has 0 atom stereocenters. The first-order valence-corrected chi connectivity index (χ1v) is 8.02. The number of aryl methyl sites for hydroxylation is 1. The Hall–Kier alpha value is -2.34. The van der Waals surface area contributed by atoms with Crippen molar-refractivity contribution in [3.8, 4) is 5.75 Å². The van der Waals surface area contributed by atoms with Gasteiger partial charge in [0.05, 0.1) is 12.2 Å². The predicted octanol–water partition coefficient (Wildman–Crippen LogP) is 2.65. The van der Waals surface area contributed by atoms with Crippen LogP contribution in [-0.4, -0.2) is 21.9 Å². The molecule has 1 amide bonds. The van der Waals surface area contributed by atoms with Gasteiger partial charge in [-0.1, -0.05) is 25.1 Å². The molecule has 1 aromatic carbocycles. The summed E-state index contributed by atoms with van der Waals surface area (Å²) in [6.07, 6.45) is 4.74. The lowest BCUT2D eigenvalue weighted by Crippen LogP contribution is -2.28. The largest absolute Gasteiger partial charge is 0.483 e. The number of thiazole rings is 1. The molecular formula is C16H17N3O2S. The molecule has 2 aromatic heterocycles. The predicted molar refractivity (Wildman–Crippen MR) is 86.2 cm³/mol. The molecule has 0 saturated heterocycles. The van der Waals surface area contributed by atoms with Crippen molar-refractivity contribution in [2.24, 2.45) is 0 Å². The van der Waals surface area contributed by atoms with Gasteiger partial charge in [0, 0.05) is 17.8 Å². The lowest BCUT2D eigenvalue weighted by Gasteiger charge is -2.10. The van der Waals surface area contributed by atoms with Gasteiger partial charge in [0.2, 0.25) is 0 Å². The van der Waals surface area contributed by atoms with E-state index >= 15 is 0 Å². The van der Waals surface area contributed by atoms with Crippen LogP contribution in [0, 0.1) is 0 Å². The molecule has 0 bridgehead atoms. The number of hydrogen-bond acceptors (Lipinski definition) is 4. The lowest BCUT2D eigenvalue weighted by molar-refractivity contribution is -0.123. The van der Waals surface area contributed by atoms with Crippen LogP contribution in [0.25, 0.3) is 4.96 Å². The highest BCUT2D eigenvalue weighted by atomic mass is 32.1. The van der Waals surface area contributed by atoms with E-state index in [0.29, 0.717) is 6.54 Å². The number of nitrogens with zero attached hydrogens (tertiary/aromatic N) is 2. The summed E-state index contributed by atoms with van der Waals surface area (Å²) in [5.74, 6) is 0.616. The summed E-state index contributed by atoms with van der Waals surface area (Å²) >= 11 is 1.57. The number of para-hydroxylation sites is 1. The molecule has 3 rings (SSSR count). The standard InChI is InChI=1S/C16H17N3O2S/c1-2-12-5-3-4-6-14(12)21-11-15(20)17-9-13-10-19-7-8-22-16(19)18-13/h3-8,10H,2,9,11H2,1H3,(H,17,20). The molecule has 0 aliphatic carbocycles. The highest BCUT2D eigenvalue weighted by Gasteiger charge is 2.07. The van der Waals surface area contributed by atoms with Crippen LogP contribution in [-0.2, 0) is 17.8 Å². The summed E-state index contributed by atoms with van der Waals surface area (Å²) in [5.41, 5.74) is 1.94. The smallest absolute Gasteiger partial charge is 0.258 e. The molecule has 0 spiro atoms. The number of carbonyl (C=O) groups is 1. The SMILES string of the molecule is CCc1ccccc1OCC(=O)NCc1cn2ccsc2n1. The molecule has 1 N–H and O–H groups in total. The maximum absolute atomic E-state index is 11.9. The van der Waals surface area contributed by atoms with Gasteiger partial charge in [0.15, 0.2) is 11.6 Å². The van der Waals surface area contributed by atoms with E-state index in [0.717, 1.165) is 28.4 Å². The molecule has 0 saturated carbocycles. The van der Waals surface area contributed by atoms with Crippen LogP contribution in [0.15, 0.2) is 42.0 Å². The summed E-state index contributed by atoms with van der Waals surface area (Å²) < 4.78 is 7.53. The fourth-order valence-electron chi connectivity index (χ4n) is 2.18. The number of carbonyl (C=O) groups excluding carboxylic acids is 1. The van der Waals surface area contributed by atoms with Crippen molar-refractivity contribution < 1.29 is 9.53 Å². The third-order valence-corrected chi connectivity index (χ3v) is 4.09. The maximum Gasteiger partial charge on any atom is 0.258 e. The number of fused-ring (bicyclic) bond motifs is 1. The molecule has 22 heavy (non-hydrogen) atoms. The average molecular weight is 315 g/mol. The number of rotatable bonds is 6. The fourth-order valence-corrected chi connectivity index (χ4v) is 2.90. The summed E-state index contributed by atoms with van der Waals surface area (Å²) in [6.45, 7) is 2.48. The van der Waals surface area contributed by atoms with Gasteiger partial charge >= 0.3 is 0 Å². The number of imidazole rings is 1. The average Bonchev–Trinajstić information content (AvgIpc) is 3.12. The van der Waals surface area contributed by atoms with E-state index in [1.54, 1.807) is 11.3 Å². The number of ether oxygens (including phenoxy) is 1. The van der Waals surface area contributed by atoms with Crippen molar-refractivity contribution in [3.05, 3.63) is 53.3 Å². The minimum Gasteiger partial charge on any atom is -0.483 e. The van der Waals surface area contributed by atoms with Crippen LogP contribution in [0.2, 0.25) is 0 Å². The van der Waals surface area contributed by atoms with E-state index in [-0.39, 0.29) is 12.5 Å². The molecule has 2 heterocycles. The summed E-state index contributed by atoms with van der Waals surface area (Å²) in [6, 6.07) is 7.76. The second kappa shape index (κ2) is 6.62. The molecular weight excluding hydrogens is 298 g/mol. The van der Waals surface area contributed by atoms with Crippen molar-refractivity contribution in [2.75, 3.05) is 6.61 Å². The highest BCUT2D eigenvalue weighted by Crippen LogP contribution is 2.18. The highest BCUT2D eigenvalue weighted by molar-refractivity contribution is 7.15. The van der Waals surface area contributed by atoms with Gasteiger partial charge in [-0.25, -0.2) is 4.98 Å². The van der Waals surface area contributed by atoms with Crippen LogP contribution >= 0.6 is 11.3 Å². The number of amides is 1. The van der Waals surface area contributed by atoms with E-state index in [1.807, 2.05) is 46.4 Å². The van der Waals surface area contributed by atoms with E-state index in [9.17, 15) is 4.79 Å². The Balaban J connectivity index is 1.51. The number of nitrogens with one attached hydrogen (secondary N) is 1. The first-order valence-electron chi connectivity index (χ1n) is 7.14. The lowest BCUT2D eigenvalue weighted by atomic mass is 10.1. The first kappa shape index (κ1) is 14.6. The minimum atomic E-state index is -0.151. The van der Waals surface area contributed by atoms with E-state index in [1.165, 1.54) is 0 Å². The van der Waals surface area contributed by atoms with Gasteiger partial charge in [-0.3, -0.25) is 9.20 Å². The third kappa shape index (κ3) is 3.28. The monoisotopic (exact) mass is 315 g/mol. The Morgan fingerprint density at radius 1 is 1.41 bits per heavy atom. The van der Waals surface area contributed by atoms with Crippen LogP contribution in [0.4, 0.5) is 0 Å². The van der Waals surface area contributed by atoms with Gasteiger partial charge in [0.1, 0.15) is 5.75 Å². The molecule has 3 aromatic rings. The van der Waals surface area contributed by atoms with Crippen LogP contribution in [0.5, 0.6) is 5.75 Å². The summed E-state index contributed by atoms with van der Waals surface area (Å²) in [7, 11) is 0. The zero-order valence-corrected chi connectivity index (χ0v) is 13.1. The molecule has 0 fully saturated rings. The zero-order chi connectivity index (χ0) is 15.4. The van der Waals surface area contributed by atoms with Gasteiger partial charge in [-0.2, -0.15) is 0 Å². The van der Waals surface area contributed by atoms with Crippen molar-refractivity contribution in [1.29, 1.82) is 0 Å². The van der Waals surface area contributed by atoms with Crippen LogP contribution in [0.3, 0.4) is 0 Å². The van der Waals surface area contributed by atoms with E-state index in [4.69, 9.17) is 4.74 Å². The number of aromatic nitrogens is 2. The van der Waals surface area contributed by atoms with Crippen molar-refractivity contribution in [1.82, 2.24) is 14.7 Å². The Bertz CT molecular complexity index is 750. The molecule has 114 valence electrons. The van der Waals surface area contributed by atoms with Gasteiger partial charge < -0.3 is 10.1 Å². The van der Waals surface area contributed by atoms with Crippen molar-refractivity contribution in [2.45, 2.75) is 19.9 Å². The van der Waals surface area contributed by atoms with Crippen molar-refractivity contribution >= 4 is 22.2 Å². The molecule has 0 aliphatic heterocycles. The molecule has 0 unspecified atom stereocenters. The fraction of sp³-hybridized carbons (Fsp3) is 0.250. The first-order chi connectivity index (χ1) is 10.8. The van der Waals surface area contributed by atoms with Gasteiger partial charge in [-0.05, 0) is 18.1 Å². The maximum atomic E-state index is 11.9.